The molecule has 0 radical (unpaired) electrons. The van der Waals surface area contributed by atoms with Gasteiger partial charge in [-0.25, -0.2) is 0 Å². The van der Waals surface area contributed by atoms with Gasteiger partial charge in [0.25, 0.3) is 0 Å². The van der Waals surface area contributed by atoms with E-state index in [-0.39, 0.29) is 29.8 Å². The van der Waals surface area contributed by atoms with Crippen LogP contribution >= 0.6 is 0 Å². The first-order chi connectivity index (χ1) is 7.45. The lowest BCUT2D eigenvalue weighted by atomic mass is 9.93. The number of nitrogens with one attached hydrogen (secondary N) is 2. The molecule has 0 unspecified atom stereocenters. The van der Waals surface area contributed by atoms with Crippen molar-refractivity contribution in [1.29, 1.82) is 0 Å². The summed E-state index contributed by atoms with van der Waals surface area (Å²) in [5, 5.41) is 5.63. The van der Waals surface area contributed by atoms with Crippen LogP contribution in [0.15, 0.2) is 0 Å². The van der Waals surface area contributed by atoms with Crippen molar-refractivity contribution < 1.29 is 9.59 Å². The molecule has 4 heteroatoms. The van der Waals surface area contributed by atoms with Crippen LogP contribution in [0.1, 0.15) is 40.5 Å². The molecule has 0 bridgehead atoms. The predicted molar refractivity (Wildman–Crippen MR) is 62.8 cm³/mol. The van der Waals surface area contributed by atoms with E-state index in [0.717, 1.165) is 6.42 Å². The molecule has 0 aromatic rings. The largest absolute Gasteiger partial charge is 0.343 e. The van der Waals surface area contributed by atoms with E-state index in [2.05, 4.69) is 10.6 Å². The standard InChI is InChI=1S/C12H22N2O2/c1-5-8(4)10-12(16)13-9(6-7(2)3)11(15)14-10/h7-10H,5-6H2,1-4H3,(H,13,16)(H,14,15)/t8-,9+,10-/m0/s1. The van der Waals surface area contributed by atoms with Gasteiger partial charge in [-0.2, -0.15) is 0 Å². The second kappa shape index (κ2) is 5.32. The number of piperazine rings is 1. The molecule has 3 atom stereocenters. The van der Waals surface area contributed by atoms with E-state index in [0.29, 0.717) is 12.3 Å². The molecule has 92 valence electrons. The number of rotatable bonds is 4. The zero-order valence-corrected chi connectivity index (χ0v) is 10.5. The van der Waals surface area contributed by atoms with Gasteiger partial charge in [-0.05, 0) is 18.3 Å². The minimum Gasteiger partial charge on any atom is -0.343 e. The summed E-state index contributed by atoms with van der Waals surface area (Å²) in [7, 11) is 0. The third-order valence-corrected chi connectivity index (χ3v) is 3.13. The average molecular weight is 226 g/mol. The van der Waals surface area contributed by atoms with Crippen LogP contribution in [0.4, 0.5) is 0 Å². The van der Waals surface area contributed by atoms with Gasteiger partial charge in [0, 0.05) is 0 Å². The minimum atomic E-state index is -0.360. The fourth-order valence-electron chi connectivity index (χ4n) is 1.92. The van der Waals surface area contributed by atoms with E-state index >= 15 is 0 Å². The summed E-state index contributed by atoms with van der Waals surface area (Å²) < 4.78 is 0. The fraction of sp³-hybridized carbons (Fsp3) is 0.833. The molecule has 0 spiro atoms. The maximum absolute atomic E-state index is 11.8. The molecule has 1 rings (SSSR count). The van der Waals surface area contributed by atoms with E-state index in [4.69, 9.17) is 0 Å². The van der Waals surface area contributed by atoms with Gasteiger partial charge in [0.05, 0.1) is 0 Å². The lowest BCUT2D eigenvalue weighted by Crippen LogP contribution is -2.63. The molecule has 2 N–H and O–H groups in total. The second-order valence-corrected chi connectivity index (χ2v) is 5.06. The molecule has 1 aliphatic heterocycles. The summed E-state index contributed by atoms with van der Waals surface area (Å²) in [5.74, 6) is 0.498. The normalized spacial score (nSPS) is 27.6. The molecule has 16 heavy (non-hydrogen) atoms. The van der Waals surface area contributed by atoms with Gasteiger partial charge in [0.15, 0.2) is 0 Å². The molecule has 0 aromatic carbocycles. The Hall–Kier alpha value is -1.06. The monoisotopic (exact) mass is 226 g/mol. The van der Waals surface area contributed by atoms with Crippen LogP contribution in [-0.4, -0.2) is 23.9 Å². The summed E-state index contributed by atoms with van der Waals surface area (Å²) in [6, 6.07) is -0.714. The summed E-state index contributed by atoms with van der Waals surface area (Å²) in [4.78, 5) is 23.6. The minimum absolute atomic E-state index is 0.0420. The van der Waals surface area contributed by atoms with Crippen molar-refractivity contribution in [2.75, 3.05) is 0 Å². The molecule has 0 aromatic heterocycles. The number of carbonyl (C=O) groups is 2. The van der Waals surface area contributed by atoms with E-state index in [9.17, 15) is 9.59 Å². The first-order valence-electron chi connectivity index (χ1n) is 6.06. The Morgan fingerprint density at radius 2 is 1.75 bits per heavy atom. The summed E-state index contributed by atoms with van der Waals surface area (Å²) >= 11 is 0. The number of hydrogen-bond donors (Lipinski definition) is 2. The second-order valence-electron chi connectivity index (χ2n) is 5.06. The number of amides is 2. The highest BCUT2D eigenvalue weighted by molar-refractivity contribution is 5.97. The molecule has 0 aliphatic carbocycles. The summed E-state index contributed by atoms with van der Waals surface area (Å²) in [6.45, 7) is 8.08. The first-order valence-corrected chi connectivity index (χ1v) is 6.06. The maximum Gasteiger partial charge on any atom is 0.243 e. The van der Waals surface area contributed by atoms with Crippen LogP contribution in [0.25, 0.3) is 0 Å². The van der Waals surface area contributed by atoms with Gasteiger partial charge in [-0.3, -0.25) is 9.59 Å². The lowest BCUT2D eigenvalue weighted by Gasteiger charge is -2.33. The molecular formula is C12H22N2O2. The highest BCUT2D eigenvalue weighted by Gasteiger charge is 2.35. The van der Waals surface area contributed by atoms with Gasteiger partial charge in [-0.15, -0.1) is 0 Å². The summed E-state index contributed by atoms with van der Waals surface area (Å²) in [5.41, 5.74) is 0. The van der Waals surface area contributed by atoms with Crippen LogP contribution in [0.2, 0.25) is 0 Å². The van der Waals surface area contributed by atoms with Crippen molar-refractivity contribution in [2.45, 2.75) is 52.6 Å². The molecule has 4 nitrogen and oxygen atoms in total. The van der Waals surface area contributed by atoms with Crippen LogP contribution in [-0.2, 0) is 9.59 Å². The van der Waals surface area contributed by atoms with Gasteiger partial charge < -0.3 is 10.6 Å². The Morgan fingerprint density at radius 3 is 2.25 bits per heavy atom. The van der Waals surface area contributed by atoms with Crippen LogP contribution in [0.5, 0.6) is 0 Å². The third kappa shape index (κ3) is 2.97. The van der Waals surface area contributed by atoms with E-state index < -0.39 is 0 Å². The molecule has 1 fully saturated rings. The Kier molecular flexibility index (Phi) is 4.33. The Morgan fingerprint density at radius 1 is 1.12 bits per heavy atom. The maximum atomic E-state index is 11.8. The van der Waals surface area contributed by atoms with E-state index in [1.54, 1.807) is 0 Å². The zero-order valence-electron chi connectivity index (χ0n) is 10.5. The van der Waals surface area contributed by atoms with Gasteiger partial charge >= 0.3 is 0 Å². The van der Waals surface area contributed by atoms with E-state index in [1.165, 1.54) is 0 Å². The van der Waals surface area contributed by atoms with E-state index in [1.807, 2.05) is 27.7 Å². The smallest absolute Gasteiger partial charge is 0.243 e. The van der Waals surface area contributed by atoms with Crippen LogP contribution in [0, 0.1) is 11.8 Å². The number of hydrogen-bond acceptors (Lipinski definition) is 2. The molecule has 2 amide bonds. The SMILES string of the molecule is CC[C@H](C)[C@@H]1NC(=O)[C@@H](CC(C)C)NC1=O. The quantitative estimate of drug-likeness (QED) is 0.753. The Labute approximate surface area is 97.2 Å². The van der Waals surface area contributed by atoms with Crippen molar-refractivity contribution in [1.82, 2.24) is 10.6 Å². The predicted octanol–water partition coefficient (Wildman–Crippen LogP) is 1.06. The molecular weight excluding hydrogens is 204 g/mol. The van der Waals surface area contributed by atoms with Crippen molar-refractivity contribution in [3.63, 3.8) is 0 Å². The van der Waals surface area contributed by atoms with Crippen molar-refractivity contribution in [2.24, 2.45) is 11.8 Å². The zero-order chi connectivity index (χ0) is 12.3. The Bertz CT molecular complexity index is 276. The van der Waals surface area contributed by atoms with Crippen LogP contribution < -0.4 is 10.6 Å². The lowest BCUT2D eigenvalue weighted by molar-refractivity contribution is -0.138. The number of carbonyl (C=O) groups excluding carboxylic acids is 2. The fourth-order valence-corrected chi connectivity index (χ4v) is 1.92. The van der Waals surface area contributed by atoms with Gasteiger partial charge in [-0.1, -0.05) is 34.1 Å². The highest BCUT2D eigenvalue weighted by Crippen LogP contribution is 2.14. The van der Waals surface area contributed by atoms with Crippen molar-refractivity contribution in [3.05, 3.63) is 0 Å². The molecule has 1 heterocycles. The third-order valence-electron chi connectivity index (χ3n) is 3.13. The van der Waals surface area contributed by atoms with Crippen molar-refractivity contribution >= 4 is 11.8 Å². The molecule has 1 aliphatic rings. The average Bonchev–Trinajstić information content (AvgIpc) is 2.21. The Balaban J connectivity index is 2.63. The topological polar surface area (TPSA) is 58.2 Å². The van der Waals surface area contributed by atoms with Gasteiger partial charge in [0.1, 0.15) is 12.1 Å². The first kappa shape index (κ1) is 13.0. The molecule has 0 saturated carbocycles. The van der Waals surface area contributed by atoms with Crippen LogP contribution in [0.3, 0.4) is 0 Å². The highest BCUT2D eigenvalue weighted by atomic mass is 16.2. The van der Waals surface area contributed by atoms with Crippen molar-refractivity contribution in [3.8, 4) is 0 Å². The molecule has 1 saturated heterocycles. The van der Waals surface area contributed by atoms with Gasteiger partial charge in [0.2, 0.25) is 11.8 Å². The summed E-state index contributed by atoms with van der Waals surface area (Å²) in [6.07, 6.45) is 1.58.